The minimum atomic E-state index is -1.02. The van der Waals surface area contributed by atoms with Crippen LogP contribution in [0.5, 0.6) is 17.2 Å². The molecule has 0 amide bonds. The van der Waals surface area contributed by atoms with Crippen LogP contribution in [0.3, 0.4) is 0 Å². The third-order valence-corrected chi connectivity index (χ3v) is 4.62. The van der Waals surface area contributed by atoms with Gasteiger partial charge in [0, 0.05) is 0 Å². The van der Waals surface area contributed by atoms with Crippen molar-refractivity contribution < 1.29 is 19.7 Å². The quantitative estimate of drug-likeness (QED) is 0.522. The van der Waals surface area contributed by atoms with Crippen LogP contribution in [-0.2, 0) is 11.2 Å². The van der Waals surface area contributed by atoms with Crippen LogP contribution in [0.2, 0.25) is 0 Å². The third kappa shape index (κ3) is 4.46. The topological polar surface area (TPSA) is 92.8 Å². The average molecular weight is 525 g/mol. The van der Waals surface area contributed by atoms with E-state index in [9.17, 15) is 9.90 Å². The molecule has 0 heterocycles. The predicted octanol–water partition coefficient (Wildman–Crippen LogP) is 3.35. The minimum absolute atomic E-state index is 0.209. The summed E-state index contributed by atoms with van der Waals surface area (Å²) < 4.78 is 7.34. The Balaban J connectivity index is 2.15. The molecule has 0 saturated carbocycles. The Hall–Kier alpha value is -1.07. The van der Waals surface area contributed by atoms with Crippen LogP contribution in [0.1, 0.15) is 5.56 Å². The molecular weight excluding hydrogens is 512 g/mol. The molecule has 0 saturated heterocycles. The molecule has 0 aromatic heterocycles. The lowest BCUT2D eigenvalue weighted by Crippen LogP contribution is -2.32. The largest absolute Gasteiger partial charge is 0.507 e. The number of carboxylic acids is 1. The van der Waals surface area contributed by atoms with Crippen LogP contribution in [-0.4, -0.2) is 22.2 Å². The third-order valence-electron chi connectivity index (χ3n) is 2.92. The number of carbonyl (C=O) groups is 1. The maximum Gasteiger partial charge on any atom is 0.320 e. The molecule has 1 atom stereocenters. The van der Waals surface area contributed by atoms with Crippen molar-refractivity contribution in [2.45, 2.75) is 12.5 Å². The van der Waals surface area contributed by atoms with E-state index >= 15 is 0 Å². The summed E-state index contributed by atoms with van der Waals surface area (Å²) in [4.78, 5) is 10.8. The summed E-state index contributed by atoms with van der Waals surface area (Å²) in [5.74, 6) is 0.472. The number of aliphatic carboxylic acids is 1. The molecule has 7 heteroatoms. The van der Waals surface area contributed by atoms with Crippen molar-refractivity contribution in [2.24, 2.45) is 5.73 Å². The Kier molecular flexibility index (Phi) is 5.87. The van der Waals surface area contributed by atoms with Gasteiger partial charge >= 0.3 is 5.97 Å². The van der Waals surface area contributed by atoms with Crippen molar-refractivity contribution in [1.82, 2.24) is 0 Å². The fraction of sp³-hybridized carbons (Fsp3) is 0.133. The maximum atomic E-state index is 10.8. The Morgan fingerprint density at radius 1 is 1.18 bits per heavy atom. The van der Waals surface area contributed by atoms with Gasteiger partial charge in [-0.3, -0.25) is 4.79 Å². The van der Waals surface area contributed by atoms with Crippen molar-refractivity contribution in [3.05, 3.63) is 49.1 Å². The van der Waals surface area contributed by atoms with E-state index in [-0.39, 0.29) is 12.2 Å². The van der Waals surface area contributed by atoms with E-state index in [1.54, 1.807) is 30.3 Å². The molecule has 0 radical (unpaired) electrons. The number of halogens is 2. The number of carboxylic acid groups (broad SMARTS) is 1. The highest BCUT2D eigenvalue weighted by molar-refractivity contribution is 14.1. The Bertz CT molecular complexity index is 706. The van der Waals surface area contributed by atoms with Gasteiger partial charge < -0.3 is 20.7 Å². The lowest BCUT2D eigenvalue weighted by molar-refractivity contribution is -0.138. The van der Waals surface area contributed by atoms with Crippen LogP contribution in [0.15, 0.2) is 36.4 Å². The van der Waals surface area contributed by atoms with Gasteiger partial charge in [0.1, 0.15) is 23.3 Å². The van der Waals surface area contributed by atoms with E-state index in [4.69, 9.17) is 15.6 Å². The highest BCUT2D eigenvalue weighted by Gasteiger charge is 2.13. The van der Waals surface area contributed by atoms with Gasteiger partial charge in [-0.15, -0.1) is 0 Å². The van der Waals surface area contributed by atoms with Crippen LogP contribution in [0, 0.1) is 7.14 Å². The molecule has 0 unspecified atom stereocenters. The molecule has 0 aliphatic carbocycles. The normalized spacial score (nSPS) is 12.0. The summed E-state index contributed by atoms with van der Waals surface area (Å²) in [7, 11) is 0. The smallest absolute Gasteiger partial charge is 0.320 e. The van der Waals surface area contributed by atoms with Gasteiger partial charge in [0.2, 0.25) is 0 Å². The standard InChI is InChI=1S/C15H13I2NO4/c16-10-7-9(2-3-13(10)19)22-14-4-1-8(5-11(14)17)6-12(18)15(20)21/h1-5,7,12,19H,6,18H2,(H,20,21)/t12-/m1/s1. The number of phenolic OH excluding ortho intramolecular Hbond substituents is 1. The zero-order valence-electron chi connectivity index (χ0n) is 11.3. The second-order valence-electron chi connectivity index (χ2n) is 4.63. The second-order valence-corrected chi connectivity index (χ2v) is 6.95. The van der Waals surface area contributed by atoms with Crippen LogP contribution >= 0.6 is 45.2 Å². The Labute approximate surface area is 154 Å². The summed E-state index contributed by atoms with van der Waals surface area (Å²) in [5, 5.41) is 18.3. The number of hydrogen-bond acceptors (Lipinski definition) is 4. The first-order valence-corrected chi connectivity index (χ1v) is 8.45. The lowest BCUT2D eigenvalue weighted by Gasteiger charge is -2.11. The number of benzene rings is 2. The Morgan fingerprint density at radius 3 is 2.50 bits per heavy atom. The predicted molar refractivity (Wildman–Crippen MR) is 99.4 cm³/mol. The van der Waals surface area contributed by atoms with E-state index in [2.05, 4.69) is 22.6 Å². The van der Waals surface area contributed by atoms with Crippen molar-refractivity contribution in [3.8, 4) is 17.2 Å². The minimum Gasteiger partial charge on any atom is -0.507 e. The van der Waals surface area contributed by atoms with Gasteiger partial charge in [0.25, 0.3) is 0 Å². The van der Waals surface area contributed by atoms with E-state index in [0.29, 0.717) is 15.1 Å². The second kappa shape index (κ2) is 7.47. The van der Waals surface area contributed by atoms with Crippen molar-refractivity contribution in [2.75, 3.05) is 0 Å². The van der Waals surface area contributed by atoms with Gasteiger partial charge in [0.15, 0.2) is 0 Å². The molecule has 22 heavy (non-hydrogen) atoms. The molecule has 0 fully saturated rings. The Morgan fingerprint density at radius 2 is 1.91 bits per heavy atom. The van der Waals surface area contributed by atoms with Crippen LogP contribution in [0.25, 0.3) is 0 Å². The first kappa shape index (κ1) is 17.3. The molecule has 116 valence electrons. The van der Waals surface area contributed by atoms with E-state index in [1.807, 2.05) is 28.7 Å². The van der Waals surface area contributed by atoms with Crippen LogP contribution in [0.4, 0.5) is 0 Å². The van der Waals surface area contributed by atoms with Gasteiger partial charge in [-0.2, -0.15) is 0 Å². The number of hydrogen-bond donors (Lipinski definition) is 3. The van der Waals surface area contributed by atoms with Gasteiger partial charge in [-0.1, -0.05) is 6.07 Å². The highest BCUT2D eigenvalue weighted by Crippen LogP contribution is 2.31. The van der Waals surface area contributed by atoms with E-state index < -0.39 is 12.0 Å². The molecule has 0 spiro atoms. The molecule has 4 N–H and O–H groups in total. The monoisotopic (exact) mass is 525 g/mol. The molecular formula is C15H13I2NO4. The number of phenols is 1. The number of ether oxygens (including phenoxy) is 1. The summed E-state index contributed by atoms with van der Waals surface area (Å²) in [6, 6.07) is 9.51. The first-order chi connectivity index (χ1) is 10.4. The summed E-state index contributed by atoms with van der Waals surface area (Å²) in [6.07, 6.45) is 0.267. The van der Waals surface area contributed by atoms with Crippen molar-refractivity contribution in [1.29, 1.82) is 0 Å². The first-order valence-electron chi connectivity index (χ1n) is 6.30. The molecule has 5 nitrogen and oxygen atoms in total. The SMILES string of the molecule is N[C@H](Cc1ccc(Oc2ccc(O)c(I)c2)c(I)c1)C(=O)O. The molecule has 0 bridgehead atoms. The van der Waals surface area contributed by atoms with Crippen LogP contribution < -0.4 is 10.5 Å². The van der Waals surface area contributed by atoms with Gasteiger partial charge in [-0.05, 0) is 87.5 Å². The van der Waals surface area contributed by atoms with E-state index in [0.717, 1.165) is 9.13 Å². The van der Waals surface area contributed by atoms with Gasteiger partial charge in [0.05, 0.1) is 7.14 Å². The molecule has 0 aliphatic rings. The fourth-order valence-electron chi connectivity index (χ4n) is 1.77. The number of nitrogens with two attached hydrogens (primary N) is 1. The summed E-state index contributed by atoms with van der Waals surface area (Å²) in [6.45, 7) is 0. The number of rotatable bonds is 5. The highest BCUT2D eigenvalue weighted by atomic mass is 127. The lowest BCUT2D eigenvalue weighted by atomic mass is 10.1. The summed E-state index contributed by atoms with van der Waals surface area (Å²) >= 11 is 4.15. The van der Waals surface area contributed by atoms with Crippen molar-refractivity contribution in [3.63, 3.8) is 0 Å². The maximum absolute atomic E-state index is 10.8. The molecule has 2 aromatic rings. The van der Waals surface area contributed by atoms with Crippen molar-refractivity contribution >= 4 is 51.2 Å². The molecule has 0 aliphatic heterocycles. The average Bonchev–Trinajstić information content (AvgIpc) is 2.45. The molecule has 2 aromatic carbocycles. The van der Waals surface area contributed by atoms with Gasteiger partial charge in [-0.25, -0.2) is 0 Å². The fourth-order valence-corrected chi connectivity index (χ4v) is 2.95. The van der Waals surface area contributed by atoms with E-state index in [1.165, 1.54) is 0 Å². The number of aromatic hydroxyl groups is 1. The summed E-state index contributed by atoms with van der Waals surface area (Å²) in [5.41, 5.74) is 6.37. The zero-order chi connectivity index (χ0) is 16.3. The molecule has 2 rings (SSSR count). The zero-order valence-corrected chi connectivity index (χ0v) is 15.6.